The van der Waals surface area contributed by atoms with Crippen LogP contribution in [0.4, 0.5) is 0 Å². The second kappa shape index (κ2) is 26.0. The smallest absolute Gasteiger partial charge is 0.153 e. The molecule has 0 bridgehead atoms. The summed E-state index contributed by atoms with van der Waals surface area (Å²) in [5, 5.41) is 5.44. The Kier molecular flexibility index (Phi) is 33.7. The van der Waals surface area contributed by atoms with Gasteiger partial charge in [-0.05, 0) is 0 Å². The molecule has 3 nitrogen and oxygen atoms in total. The van der Waals surface area contributed by atoms with Crippen molar-refractivity contribution in [3.63, 3.8) is 0 Å². The Morgan fingerprint density at radius 2 is 1.61 bits per heavy atom. The third kappa shape index (κ3) is 36.0. The summed E-state index contributed by atoms with van der Waals surface area (Å²) in [4.78, 5) is 18.0. The molecule has 0 aliphatic heterocycles. The Hall–Kier alpha value is 0.279. The molecule has 0 spiro atoms. The fourth-order valence-electron chi connectivity index (χ4n) is 0.854. The van der Waals surface area contributed by atoms with Gasteiger partial charge in [0.05, 0.1) is 0 Å². The molecule has 6 heteroatoms. The number of rotatable bonds is 8. The van der Waals surface area contributed by atoms with Crippen molar-refractivity contribution in [2.45, 2.75) is 29.6 Å². The standard InChI is InChI=1S/C6H14N.2C2H2OS.C2H5.Sn/c1-4-7-5-6(2)3;2*3-1-2-4;1-2;/h6-7H,2,4-5H2,1,3H3;2*1-2H;1H2,2H3;. The van der Waals surface area contributed by atoms with Gasteiger partial charge in [-0.1, -0.05) is 24.4 Å². The molecule has 0 aliphatic rings. The van der Waals surface area contributed by atoms with E-state index in [4.69, 9.17) is 9.59 Å². The number of nitrogens with one attached hydrogen (secondary N) is 1. The quantitative estimate of drug-likeness (QED) is 0.387. The second-order valence-electron chi connectivity index (χ2n) is 3.26. The van der Waals surface area contributed by atoms with Gasteiger partial charge in [-0.25, -0.2) is 0 Å². The van der Waals surface area contributed by atoms with E-state index in [1.54, 1.807) is 4.44 Å². The Labute approximate surface area is 132 Å². The van der Waals surface area contributed by atoms with Crippen molar-refractivity contribution in [2.24, 2.45) is 5.92 Å². The van der Waals surface area contributed by atoms with Crippen LogP contribution in [-0.2, 0) is 9.59 Å². The number of carbonyl (C=O) groups excluding carboxylic acids is 2. The Balaban J connectivity index is -0.000000233. The second-order valence-corrected chi connectivity index (χ2v) is 8.42. The zero-order chi connectivity index (χ0) is 14.6. The average Bonchev–Trinajstić information content (AvgIpc) is 2.43. The van der Waals surface area contributed by atoms with E-state index in [1.807, 2.05) is 0 Å². The number of hydrogen-bond acceptors (Lipinski definition) is 5. The minimum atomic E-state index is 0.0654. The summed E-state index contributed by atoms with van der Waals surface area (Å²) in [7, 11) is 0. The summed E-state index contributed by atoms with van der Waals surface area (Å²) >= 11 is 8.19. The molecule has 0 aromatic rings. The van der Waals surface area contributed by atoms with Gasteiger partial charge in [0.15, 0.2) is 12.6 Å². The van der Waals surface area contributed by atoms with E-state index in [0.29, 0.717) is 12.6 Å². The number of aldehydes is 2. The van der Waals surface area contributed by atoms with Crippen molar-refractivity contribution in [3.05, 3.63) is 0 Å². The minimum Gasteiger partial charge on any atom is -0.298 e. The summed E-state index contributed by atoms with van der Waals surface area (Å²) in [6.07, 6.45) is 1.13. The normalized spacial score (nSPS) is 9.72. The maximum absolute atomic E-state index is 9.01. The molecule has 1 unspecified atom stereocenters. The van der Waals surface area contributed by atoms with Crippen LogP contribution in [0.5, 0.6) is 0 Å². The van der Waals surface area contributed by atoms with Crippen molar-refractivity contribution in [1.82, 2.24) is 5.32 Å². The van der Waals surface area contributed by atoms with E-state index in [2.05, 4.69) is 50.5 Å². The van der Waals surface area contributed by atoms with Gasteiger partial charge in [0, 0.05) is 10.7 Å². The van der Waals surface area contributed by atoms with E-state index in [1.165, 1.54) is 11.0 Å². The maximum Gasteiger partial charge on any atom is 0.153 e. The van der Waals surface area contributed by atoms with Gasteiger partial charge in [0.25, 0.3) is 0 Å². The van der Waals surface area contributed by atoms with Crippen molar-refractivity contribution in [3.8, 4) is 0 Å². The molecular formula is C12H23NO2S2Sn. The molecule has 104 valence electrons. The first-order valence-corrected chi connectivity index (χ1v) is 10.8. The first-order valence-electron chi connectivity index (χ1n) is 5.83. The number of thiocarbonyl (C=S) groups is 2. The summed E-state index contributed by atoms with van der Waals surface area (Å²) in [5.74, 6) is 0.937. The molecule has 18 heavy (non-hydrogen) atoms. The van der Waals surface area contributed by atoms with Gasteiger partial charge >= 0.3 is 75.1 Å². The molecule has 0 saturated heterocycles. The summed E-state index contributed by atoms with van der Waals surface area (Å²) < 4.78 is 3.05. The van der Waals surface area contributed by atoms with Gasteiger partial charge in [-0.3, -0.25) is 9.59 Å². The summed E-state index contributed by atoms with van der Waals surface area (Å²) in [6.45, 7) is 9.22. The van der Waals surface area contributed by atoms with Crippen molar-refractivity contribution in [1.29, 1.82) is 0 Å². The fraction of sp³-hybridized carbons (Fsp3) is 0.667. The van der Waals surface area contributed by atoms with E-state index < -0.39 is 0 Å². The van der Waals surface area contributed by atoms with Crippen LogP contribution in [0, 0.1) is 5.92 Å². The molecule has 0 amide bonds. The van der Waals surface area contributed by atoms with Gasteiger partial charge < -0.3 is 0 Å². The van der Waals surface area contributed by atoms with Crippen molar-refractivity contribution < 1.29 is 9.59 Å². The first-order chi connectivity index (χ1) is 8.64. The number of hydrogen-bond donors (Lipinski definition) is 1. The third-order valence-electron chi connectivity index (χ3n) is 1.60. The molecule has 0 heterocycles. The predicted molar refractivity (Wildman–Crippen MR) is 88.2 cm³/mol. The van der Waals surface area contributed by atoms with Gasteiger partial charge in [0.1, 0.15) is 0 Å². The minimum absolute atomic E-state index is 0.0654. The predicted octanol–water partition coefficient (Wildman–Crippen LogP) is 2.16. The first kappa shape index (κ1) is 23.4. The maximum atomic E-state index is 9.01. The van der Waals surface area contributed by atoms with Gasteiger partial charge in [0.2, 0.25) is 0 Å². The molecule has 0 rings (SSSR count). The zero-order valence-corrected chi connectivity index (χ0v) is 15.8. The van der Waals surface area contributed by atoms with Crippen molar-refractivity contribution >= 4 is 68.9 Å². The van der Waals surface area contributed by atoms with Crippen LogP contribution in [-0.4, -0.2) is 57.5 Å². The average molecular weight is 396 g/mol. The zero-order valence-electron chi connectivity index (χ0n) is 11.3. The van der Waals surface area contributed by atoms with Gasteiger partial charge in [-0.15, -0.1) is 0 Å². The third-order valence-corrected chi connectivity index (χ3v) is 6.06. The number of carbonyl (C=O) groups is 2. The molecule has 2 radical (unpaired) electrons. The molecule has 0 fully saturated rings. The molecule has 1 atom stereocenters. The van der Waals surface area contributed by atoms with E-state index in [0.717, 1.165) is 23.2 Å². The summed E-state index contributed by atoms with van der Waals surface area (Å²) in [5.41, 5.74) is 0. The van der Waals surface area contributed by atoms with Crippen LogP contribution in [0.15, 0.2) is 0 Å². The SMILES string of the molecule is CCNCC(C)[CH2][Sn][CH2]C.O=CC=S.O=CC=S. The topological polar surface area (TPSA) is 46.2 Å². The Morgan fingerprint density at radius 1 is 1.17 bits per heavy atom. The molecular weight excluding hydrogens is 373 g/mol. The Morgan fingerprint density at radius 3 is 1.89 bits per heavy atom. The van der Waals surface area contributed by atoms with Crippen LogP contribution in [0.25, 0.3) is 0 Å². The van der Waals surface area contributed by atoms with Gasteiger partial charge in [-0.2, -0.15) is 0 Å². The molecule has 0 aliphatic carbocycles. The van der Waals surface area contributed by atoms with Crippen LogP contribution < -0.4 is 5.32 Å². The van der Waals surface area contributed by atoms with Crippen molar-refractivity contribution in [2.75, 3.05) is 13.1 Å². The van der Waals surface area contributed by atoms with Crippen LogP contribution in [0.2, 0.25) is 8.87 Å². The van der Waals surface area contributed by atoms with E-state index in [9.17, 15) is 0 Å². The largest absolute Gasteiger partial charge is 0.298 e. The molecule has 0 aromatic carbocycles. The van der Waals surface area contributed by atoms with Crippen LogP contribution >= 0.6 is 24.4 Å². The van der Waals surface area contributed by atoms with E-state index >= 15 is 0 Å². The molecule has 0 saturated carbocycles. The Bertz CT molecular complexity index is 173. The van der Waals surface area contributed by atoms with E-state index in [-0.39, 0.29) is 21.1 Å². The molecule has 0 aromatic heterocycles. The monoisotopic (exact) mass is 397 g/mol. The molecule has 1 N–H and O–H groups in total. The fourth-order valence-corrected chi connectivity index (χ4v) is 3.50. The van der Waals surface area contributed by atoms with Crippen LogP contribution in [0.3, 0.4) is 0 Å². The van der Waals surface area contributed by atoms with Crippen LogP contribution in [0.1, 0.15) is 20.8 Å². The summed E-state index contributed by atoms with van der Waals surface area (Å²) in [6, 6.07) is 0.